The molecule has 9 aromatic carbocycles. The number of para-hydroxylation sites is 3. The van der Waals surface area contributed by atoms with E-state index in [1.807, 2.05) is 78.9 Å². The standard InChI is InChI=1S/C60H38N4O2/c1-60(2)45-26-12-9-21-37(45)39-33-34-47-53(54(39)60)41-22-10-13-27-46(41)64(47)48-28-15-25-43-52-44(59-62-57(35-17-5-3-6-18-35)61-58(63-59)36-19-7-4-8-20-36)32-31-40(56(52)66-55(43)48)38-24-16-30-50-51(38)42-23-11-14-29-49(42)65-50/h3-34H,1-2H3. The first-order valence-corrected chi connectivity index (χ1v) is 22.4. The van der Waals surface area contributed by atoms with Crippen LogP contribution in [0, 0.1) is 0 Å². The van der Waals surface area contributed by atoms with E-state index in [4.69, 9.17) is 23.8 Å². The maximum atomic E-state index is 7.48. The normalized spacial score (nSPS) is 13.1. The van der Waals surface area contributed by atoms with Crippen molar-refractivity contribution in [2.24, 2.45) is 0 Å². The zero-order valence-corrected chi connectivity index (χ0v) is 36.1. The number of nitrogens with zero attached hydrogens (tertiary/aromatic N) is 4. The van der Waals surface area contributed by atoms with E-state index in [0.29, 0.717) is 17.5 Å². The van der Waals surface area contributed by atoms with Gasteiger partial charge in [-0.15, -0.1) is 0 Å². The summed E-state index contributed by atoms with van der Waals surface area (Å²) in [6.07, 6.45) is 0. The summed E-state index contributed by atoms with van der Waals surface area (Å²) in [6, 6.07) is 67.9. The zero-order valence-electron chi connectivity index (χ0n) is 36.1. The summed E-state index contributed by atoms with van der Waals surface area (Å²) < 4.78 is 16.3. The molecule has 6 heteroatoms. The summed E-state index contributed by atoms with van der Waals surface area (Å²) in [5.74, 6) is 1.76. The monoisotopic (exact) mass is 846 g/mol. The summed E-state index contributed by atoms with van der Waals surface area (Å²) in [6.45, 7) is 4.73. The van der Waals surface area contributed by atoms with Crippen molar-refractivity contribution in [3.63, 3.8) is 0 Å². The number of hydrogen-bond acceptors (Lipinski definition) is 5. The number of benzene rings is 9. The SMILES string of the molecule is CC1(C)c2ccccc2-c2ccc3c(c21)c1ccccc1n3-c1cccc2c1oc1c(-c3cccc4oc5ccccc5c34)ccc(-c3nc(-c4ccccc4)nc(-c4ccccc4)n3)c12. The molecule has 66 heavy (non-hydrogen) atoms. The van der Waals surface area contributed by atoms with Gasteiger partial charge in [0, 0.05) is 60.0 Å². The fourth-order valence-corrected chi connectivity index (χ4v) is 11.0. The van der Waals surface area contributed by atoms with Crippen LogP contribution in [0.2, 0.25) is 0 Å². The fourth-order valence-electron chi connectivity index (χ4n) is 11.0. The van der Waals surface area contributed by atoms with Gasteiger partial charge in [0.2, 0.25) is 0 Å². The number of aromatic nitrogens is 4. The maximum absolute atomic E-state index is 7.48. The van der Waals surface area contributed by atoms with E-state index in [-0.39, 0.29) is 5.41 Å². The fraction of sp³-hybridized carbons (Fsp3) is 0.0500. The van der Waals surface area contributed by atoms with Gasteiger partial charge < -0.3 is 13.4 Å². The Morgan fingerprint density at radius 3 is 1.79 bits per heavy atom. The van der Waals surface area contributed by atoms with Crippen molar-refractivity contribution < 1.29 is 8.83 Å². The largest absolute Gasteiger partial charge is 0.456 e. The third-order valence-electron chi connectivity index (χ3n) is 13.9. The maximum Gasteiger partial charge on any atom is 0.164 e. The number of hydrogen-bond donors (Lipinski definition) is 0. The van der Waals surface area contributed by atoms with E-state index in [0.717, 1.165) is 88.4 Å². The molecule has 4 aromatic heterocycles. The van der Waals surface area contributed by atoms with Gasteiger partial charge in [-0.05, 0) is 70.3 Å². The van der Waals surface area contributed by atoms with E-state index >= 15 is 0 Å². The molecule has 0 amide bonds. The lowest BCUT2D eigenvalue weighted by atomic mass is 9.80. The van der Waals surface area contributed by atoms with Crippen LogP contribution in [-0.4, -0.2) is 19.5 Å². The molecule has 13 aromatic rings. The molecule has 0 radical (unpaired) electrons. The minimum absolute atomic E-state index is 0.199. The molecule has 4 heterocycles. The minimum Gasteiger partial charge on any atom is -0.456 e. The van der Waals surface area contributed by atoms with Crippen LogP contribution in [0.25, 0.3) is 128 Å². The van der Waals surface area contributed by atoms with Crippen LogP contribution in [0.5, 0.6) is 0 Å². The van der Waals surface area contributed by atoms with Crippen molar-refractivity contribution in [3.05, 3.63) is 205 Å². The molecular weight excluding hydrogens is 809 g/mol. The Hall–Kier alpha value is -8.61. The van der Waals surface area contributed by atoms with E-state index in [2.05, 4.69) is 134 Å². The highest BCUT2D eigenvalue weighted by Gasteiger charge is 2.38. The summed E-state index contributed by atoms with van der Waals surface area (Å²) in [4.78, 5) is 15.6. The molecule has 1 aliphatic rings. The van der Waals surface area contributed by atoms with Gasteiger partial charge in [-0.2, -0.15) is 0 Å². The molecule has 0 aliphatic heterocycles. The first-order valence-electron chi connectivity index (χ1n) is 22.4. The van der Waals surface area contributed by atoms with E-state index in [9.17, 15) is 0 Å². The smallest absolute Gasteiger partial charge is 0.164 e. The second kappa shape index (κ2) is 13.7. The van der Waals surface area contributed by atoms with Crippen molar-refractivity contribution in [1.82, 2.24) is 19.5 Å². The summed E-state index contributed by atoms with van der Waals surface area (Å²) in [7, 11) is 0. The Morgan fingerprint density at radius 1 is 0.379 bits per heavy atom. The molecule has 0 N–H and O–H groups in total. The van der Waals surface area contributed by atoms with Crippen LogP contribution in [0.1, 0.15) is 25.0 Å². The summed E-state index contributed by atoms with van der Waals surface area (Å²) >= 11 is 0. The molecule has 0 fully saturated rings. The van der Waals surface area contributed by atoms with Crippen LogP contribution in [0.4, 0.5) is 0 Å². The van der Waals surface area contributed by atoms with Crippen molar-refractivity contribution in [2.75, 3.05) is 0 Å². The van der Waals surface area contributed by atoms with Crippen LogP contribution in [-0.2, 0) is 5.41 Å². The van der Waals surface area contributed by atoms with E-state index in [1.165, 1.54) is 33.0 Å². The second-order valence-corrected chi connectivity index (χ2v) is 17.8. The van der Waals surface area contributed by atoms with E-state index < -0.39 is 0 Å². The Labute approximate surface area is 379 Å². The zero-order chi connectivity index (χ0) is 43.7. The third kappa shape index (κ3) is 5.15. The molecule has 0 saturated heterocycles. The molecule has 0 spiro atoms. The van der Waals surface area contributed by atoms with Gasteiger partial charge in [0.1, 0.15) is 16.7 Å². The van der Waals surface area contributed by atoms with Crippen molar-refractivity contribution in [1.29, 1.82) is 0 Å². The lowest BCUT2D eigenvalue weighted by Gasteiger charge is -2.22. The van der Waals surface area contributed by atoms with Gasteiger partial charge in [0.25, 0.3) is 0 Å². The Balaban J connectivity index is 1.10. The number of fused-ring (bicyclic) bond motifs is 13. The van der Waals surface area contributed by atoms with Crippen LogP contribution in [0.15, 0.2) is 203 Å². The number of rotatable bonds is 5. The predicted octanol–water partition coefficient (Wildman–Crippen LogP) is 15.7. The second-order valence-electron chi connectivity index (χ2n) is 17.8. The van der Waals surface area contributed by atoms with Gasteiger partial charge in [-0.3, -0.25) is 0 Å². The molecule has 0 saturated carbocycles. The Morgan fingerprint density at radius 2 is 0.985 bits per heavy atom. The molecule has 0 atom stereocenters. The van der Waals surface area contributed by atoms with Crippen molar-refractivity contribution in [2.45, 2.75) is 19.3 Å². The summed E-state index contributed by atoms with van der Waals surface area (Å²) in [5, 5.41) is 6.47. The average Bonchev–Trinajstić information content (AvgIpc) is 4.11. The molecular formula is C60H38N4O2. The highest BCUT2D eigenvalue weighted by Crippen LogP contribution is 2.54. The predicted molar refractivity (Wildman–Crippen MR) is 268 cm³/mol. The third-order valence-corrected chi connectivity index (χ3v) is 13.9. The lowest BCUT2D eigenvalue weighted by Crippen LogP contribution is -2.15. The quantitative estimate of drug-likeness (QED) is 0.173. The van der Waals surface area contributed by atoms with Crippen LogP contribution >= 0.6 is 0 Å². The van der Waals surface area contributed by atoms with Crippen LogP contribution < -0.4 is 0 Å². The van der Waals surface area contributed by atoms with Crippen LogP contribution in [0.3, 0.4) is 0 Å². The minimum atomic E-state index is -0.199. The van der Waals surface area contributed by atoms with Gasteiger partial charge in [0.05, 0.1) is 16.7 Å². The summed E-state index contributed by atoms with van der Waals surface area (Å²) in [5.41, 5.74) is 16.2. The average molecular weight is 847 g/mol. The lowest BCUT2D eigenvalue weighted by molar-refractivity contribution is 0.666. The van der Waals surface area contributed by atoms with Crippen molar-refractivity contribution >= 4 is 65.7 Å². The topological polar surface area (TPSA) is 69.9 Å². The molecule has 310 valence electrons. The molecule has 1 aliphatic carbocycles. The van der Waals surface area contributed by atoms with Gasteiger partial charge >= 0.3 is 0 Å². The highest BCUT2D eigenvalue weighted by molar-refractivity contribution is 6.22. The number of furan rings is 2. The molecule has 6 nitrogen and oxygen atoms in total. The van der Waals surface area contributed by atoms with Gasteiger partial charge in [0.15, 0.2) is 23.1 Å². The first kappa shape index (κ1) is 36.8. The Bertz CT molecular complexity index is 4080. The Kier molecular flexibility index (Phi) is 7.64. The van der Waals surface area contributed by atoms with Gasteiger partial charge in [-0.25, -0.2) is 15.0 Å². The molecule has 14 rings (SSSR count). The molecule has 0 unspecified atom stereocenters. The molecule has 0 bridgehead atoms. The highest BCUT2D eigenvalue weighted by atomic mass is 16.3. The van der Waals surface area contributed by atoms with E-state index in [1.54, 1.807) is 0 Å². The van der Waals surface area contributed by atoms with Gasteiger partial charge in [-0.1, -0.05) is 166 Å². The van der Waals surface area contributed by atoms with Crippen molar-refractivity contribution in [3.8, 4) is 62.1 Å². The first-order chi connectivity index (χ1) is 32.5.